The Hall–Kier alpha value is -3.62. The first-order valence-electron chi connectivity index (χ1n) is 9.00. The van der Waals surface area contributed by atoms with Crippen molar-refractivity contribution >= 4 is 23.7 Å². The first-order chi connectivity index (χ1) is 14.1. The number of aliphatic hydroxyl groups is 2. The summed E-state index contributed by atoms with van der Waals surface area (Å²) in [7, 11) is 0. The highest BCUT2D eigenvalue weighted by Gasteiger charge is 2.30. The van der Waals surface area contributed by atoms with Crippen LogP contribution in [0.4, 0.5) is 0 Å². The zero-order valence-corrected chi connectivity index (χ0v) is 15.9. The second-order valence-corrected chi connectivity index (χ2v) is 6.66. The van der Waals surface area contributed by atoms with E-state index in [0.717, 1.165) is 6.08 Å². The maximum atomic E-state index is 12.0. The van der Waals surface area contributed by atoms with Crippen molar-refractivity contribution in [3.63, 3.8) is 0 Å². The van der Waals surface area contributed by atoms with Gasteiger partial charge in [-0.25, -0.2) is 0 Å². The number of hydrogen-bond donors (Lipinski definition) is 6. The Morgan fingerprint density at radius 1 is 0.767 bits per heavy atom. The number of ketones is 2. The number of phenolic OH excluding ortho intramolecular Hbond substituents is 4. The minimum atomic E-state index is -2.65. The standard InChI is InChI=1S/C22H22O8/c23-16(7-3-14-4-8-17(24)19(26)12-14)2-1-11-22(29,30)21(28)10-6-15-5-9-18(25)20(27)13-15/h3-10,12-13,24-27,29-30H,1-2,11H2/b7-3+,10-6+. The molecule has 2 aromatic rings. The Kier molecular flexibility index (Phi) is 7.35. The van der Waals surface area contributed by atoms with Gasteiger partial charge in [0.1, 0.15) is 0 Å². The summed E-state index contributed by atoms with van der Waals surface area (Å²) in [5.41, 5.74) is 0.868. The number of carbonyl (C=O) groups excluding carboxylic acids is 2. The van der Waals surface area contributed by atoms with E-state index in [0.29, 0.717) is 11.1 Å². The van der Waals surface area contributed by atoms with Crippen molar-refractivity contribution in [1.82, 2.24) is 0 Å². The van der Waals surface area contributed by atoms with Crippen LogP contribution < -0.4 is 0 Å². The van der Waals surface area contributed by atoms with Crippen LogP contribution >= 0.6 is 0 Å². The number of carbonyl (C=O) groups is 2. The Morgan fingerprint density at radius 2 is 1.27 bits per heavy atom. The van der Waals surface area contributed by atoms with E-state index >= 15 is 0 Å². The topological polar surface area (TPSA) is 156 Å². The van der Waals surface area contributed by atoms with Crippen LogP contribution in [0.5, 0.6) is 23.0 Å². The molecule has 0 aliphatic rings. The molecule has 0 unspecified atom stereocenters. The Balaban J connectivity index is 1.85. The summed E-state index contributed by atoms with van der Waals surface area (Å²) in [6, 6.07) is 7.92. The molecule has 6 N–H and O–H groups in total. The highest BCUT2D eigenvalue weighted by molar-refractivity contribution is 5.98. The Morgan fingerprint density at radius 3 is 1.77 bits per heavy atom. The molecule has 2 rings (SSSR count). The van der Waals surface area contributed by atoms with E-state index in [-0.39, 0.29) is 48.0 Å². The van der Waals surface area contributed by atoms with Crippen LogP contribution in [0.25, 0.3) is 12.2 Å². The van der Waals surface area contributed by atoms with Gasteiger partial charge in [-0.2, -0.15) is 0 Å². The largest absolute Gasteiger partial charge is 0.504 e. The first kappa shape index (κ1) is 22.7. The predicted octanol–water partition coefficient (Wildman–Crippen LogP) is 2.23. The minimum Gasteiger partial charge on any atom is -0.504 e. The Labute approximate surface area is 172 Å². The molecule has 0 bridgehead atoms. The maximum Gasteiger partial charge on any atom is 0.228 e. The quantitative estimate of drug-likeness (QED) is 0.207. The average Bonchev–Trinajstić information content (AvgIpc) is 2.69. The molecule has 0 aromatic heterocycles. The van der Waals surface area contributed by atoms with Gasteiger partial charge in [-0.1, -0.05) is 24.3 Å². The molecule has 2 aromatic carbocycles. The van der Waals surface area contributed by atoms with Crippen LogP contribution in [0.2, 0.25) is 0 Å². The summed E-state index contributed by atoms with van der Waals surface area (Å²) in [6.45, 7) is 0. The lowest BCUT2D eigenvalue weighted by Gasteiger charge is -2.17. The molecule has 0 radical (unpaired) electrons. The van der Waals surface area contributed by atoms with E-state index in [2.05, 4.69) is 0 Å². The summed E-state index contributed by atoms with van der Waals surface area (Å²) in [5, 5.41) is 57.1. The van der Waals surface area contributed by atoms with E-state index in [1.165, 1.54) is 54.6 Å². The van der Waals surface area contributed by atoms with Crippen LogP contribution in [0, 0.1) is 0 Å². The fraction of sp³-hybridized carbons (Fsp3) is 0.182. The van der Waals surface area contributed by atoms with Crippen molar-refractivity contribution < 1.29 is 40.2 Å². The van der Waals surface area contributed by atoms with E-state index in [9.17, 15) is 40.2 Å². The molecular weight excluding hydrogens is 392 g/mol. The maximum absolute atomic E-state index is 12.0. The van der Waals surface area contributed by atoms with E-state index in [1.807, 2.05) is 0 Å². The fourth-order valence-electron chi connectivity index (χ4n) is 2.50. The second-order valence-electron chi connectivity index (χ2n) is 6.66. The molecule has 30 heavy (non-hydrogen) atoms. The molecule has 0 spiro atoms. The summed E-state index contributed by atoms with van der Waals surface area (Å²) in [4.78, 5) is 23.9. The predicted molar refractivity (Wildman–Crippen MR) is 109 cm³/mol. The number of allylic oxidation sites excluding steroid dienone is 1. The number of aromatic hydroxyl groups is 4. The third kappa shape index (κ3) is 6.47. The van der Waals surface area contributed by atoms with E-state index in [4.69, 9.17) is 0 Å². The van der Waals surface area contributed by atoms with Gasteiger partial charge in [-0.05, 0) is 54.0 Å². The smallest absolute Gasteiger partial charge is 0.228 e. The van der Waals surface area contributed by atoms with Gasteiger partial charge in [-0.15, -0.1) is 0 Å². The van der Waals surface area contributed by atoms with Crippen molar-refractivity contribution in [2.24, 2.45) is 0 Å². The normalized spacial score (nSPS) is 11.9. The van der Waals surface area contributed by atoms with Gasteiger partial charge in [-0.3, -0.25) is 9.59 Å². The van der Waals surface area contributed by atoms with E-state index in [1.54, 1.807) is 0 Å². The van der Waals surface area contributed by atoms with Crippen LogP contribution in [-0.2, 0) is 9.59 Å². The molecule has 0 amide bonds. The summed E-state index contributed by atoms with van der Waals surface area (Å²) in [6.07, 6.45) is 4.52. The fourth-order valence-corrected chi connectivity index (χ4v) is 2.50. The Bertz CT molecular complexity index is 989. The van der Waals surface area contributed by atoms with Gasteiger partial charge < -0.3 is 30.6 Å². The lowest BCUT2D eigenvalue weighted by atomic mass is 10.0. The zero-order valence-electron chi connectivity index (χ0n) is 15.9. The summed E-state index contributed by atoms with van der Waals surface area (Å²) >= 11 is 0. The molecule has 0 heterocycles. The minimum absolute atomic E-state index is 0.0355. The zero-order chi connectivity index (χ0) is 22.3. The van der Waals surface area contributed by atoms with Crippen molar-refractivity contribution in [2.75, 3.05) is 0 Å². The van der Waals surface area contributed by atoms with Crippen LogP contribution in [0.1, 0.15) is 30.4 Å². The third-order valence-corrected chi connectivity index (χ3v) is 4.23. The molecule has 0 saturated heterocycles. The molecule has 0 aliphatic carbocycles. The molecule has 0 fully saturated rings. The van der Waals surface area contributed by atoms with Gasteiger partial charge in [0.15, 0.2) is 28.8 Å². The van der Waals surface area contributed by atoms with Gasteiger partial charge in [0.2, 0.25) is 11.6 Å². The number of hydrogen-bond acceptors (Lipinski definition) is 8. The third-order valence-electron chi connectivity index (χ3n) is 4.23. The lowest BCUT2D eigenvalue weighted by Crippen LogP contribution is -2.37. The van der Waals surface area contributed by atoms with Crippen molar-refractivity contribution in [3.05, 3.63) is 59.7 Å². The molecule has 0 aliphatic heterocycles. The highest BCUT2D eigenvalue weighted by atomic mass is 16.5. The number of rotatable bonds is 9. The molecule has 0 atom stereocenters. The molecule has 8 nitrogen and oxygen atoms in total. The highest BCUT2D eigenvalue weighted by Crippen LogP contribution is 2.26. The summed E-state index contributed by atoms with van der Waals surface area (Å²) < 4.78 is 0. The van der Waals surface area contributed by atoms with Gasteiger partial charge in [0, 0.05) is 12.8 Å². The molecule has 0 saturated carbocycles. The van der Waals surface area contributed by atoms with Gasteiger partial charge in [0.25, 0.3) is 0 Å². The van der Waals surface area contributed by atoms with Crippen molar-refractivity contribution in [1.29, 1.82) is 0 Å². The lowest BCUT2D eigenvalue weighted by molar-refractivity contribution is -0.180. The first-order valence-corrected chi connectivity index (χ1v) is 9.00. The van der Waals surface area contributed by atoms with Crippen molar-refractivity contribution in [2.45, 2.75) is 25.0 Å². The van der Waals surface area contributed by atoms with Crippen LogP contribution in [-0.4, -0.2) is 48.0 Å². The van der Waals surface area contributed by atoms with Gasteiger partial charge in [0.05, 0.1) is 0 Å². The summed E-state index contributed by atoms with van der Waals surface area (Å²) in [5.74, 6) is -5.25. The number of phenols is 4. The average molecular weight is 414 g/mol. The van der Waals surface area contributed by atoms with Crippen LogP contribution in [0.15, 0.2) is 48.6 Å². The SMILES string of the molecule is O=C(/C=C/c1ccc(O)c(O)c1)CCCC(O)(O)C(=O)/C=C/c1ccc(O)c(O)c1. The number of benzene rings is 2. The molecular formula is C22H22O8. The second kappa shape index (κ2) is 9.73. The molecule has 8 heteroatoms. The van der Waals surface area contributed by atoms with E-state index < -0.39 is 11.6 Å². The van der Waals surface area contributed by atoms with Crippen molar-refractivity contribution in [3.8, 4) is 23.0 Å². The molecule has 158 valence electrons. The monoisotopic (exact) mass is 414 g/mol. The van der Waals surface area contributed by atoms with Crippen LogP contribution in [0.3, 0.4) is 0 Å². The van der Waals surface area contributed by atoms with Gasteiger partial charge >= 0.3 is 0 Å².